The third-order valence-electron chi connectivity index (χ3n) is 3.65. The summed E-state index contributed by atoms with van der Waals surface area (Å²) in [7, 11) is 1.62. The lowest BCUT2D eigenvalue weighted by molar-refractivity contribution is -0.395. The predicted molar refractivity (Wildman–Crippen MR) is 90.8 cm³/mol. The van der Waals surface area contributed by atoms with Gasteiger partial charge in [-0.05, 0) is 30.3 Å². The summed E-state index contributed by atoms with van der Waals surface area (Å²) in [5.74, 6) is -0.290. The lowest BCUT2D eigenvalue weighted by Crippen LogP contribution is -2.20. The number of aryl methyl sites for hydroxylation is 1. The second-order valence-electron chi connectivity index (χ2n) is 5.30. The van der Waals surface area contributed by atoms with Crippen LogP contribution in [-0.2, 0) is 7.05 Å². The Balaban J connectivity index is 1.97. The molecule has 0 fully saturated rings. The molecule has 0 aliphatic heterocycles. The maximum atomic E-state index is 11.9. The molecule has 0 aliphatic rings. The first-order valence-corrected chi connectivity index (χ1v) is 7.32. The number of rotatable bonds is 5. The van der Waals surface area contributed by atoms with Crippen molar-refractivity contribution in [2.75, 3.05) is 0 Å². The molecule has 26 heavy (non-hydrogen) atoms. The average molecular weight is 356 g/mol. The van der Waals surface area contributed by atoms with Gasteiger partial charge in [-0.1, -0.05) is 0 Å². The van der Waals surface area contributed by atoms with Gasteiger partial charge in [0.15, 0.2) is 0 Å². The van der Waals surface area contributed by atoms with E-state index in [0.29, 0.717) is 5.69 Å². The van der Waals surface area contributed by atoms with Gasteiger partial charge in [0, 0.05) is 31.6 Å². The zero-order valence-electron chi connectivity index (χ0n) is 13.4. The molecule has 0 saturated heterocycles. The normalized spacial score (nSPS) is 10.5. The van der Waals surface area contributed by atoms with E-state index in [1.807, 2.05) is 0 Å². The molecule has 0 radical (unpaired) electrons. The van der Waals surface area contributed by atoms with E-state index in [4.69, 9.17) is 4.74 Å². The second kappa shape index (κ2) is 6.51. The van der Waals surface area contributed by atoms with Crippen LogP contribution in [0, 0.1) is 20.2 Å². The van der Waals surface area contributed by atoms with Gasteiger partial charge in [0.2, 0.25) is 0 Å². The number of para-hydroxylation sites is 1. The van der Waals surface area contributed by atoms with E-state index in [2.05, 4.69) is 0 Å². The molecule has 0 unspecified atom stereocenters. The molecule has 1 heterocycles. The minimum absolute atomic E-state index is 0.162. The zero-order valence-corrected chi connectivity index (χ0v) is 13.4. The fourth-order valence-corrected chi connectivity index (χ4v) is 2.36. The quantitative estimate of drug-likeness (QED) is 0.511. The number of nitro groups is 2. The first kappa shape index (κ1) is 16.9. The summed E-state index contributed by atoms with van der Waals surface area (Å²) in [5, 5.41) is 22.3. The molecule has 0 aliphatic carbocycles. The van der Waals surface area contributed by atoms with E-state index in [-0.39, 0.29) is 11.4 Å². The third-order valence-corrected chi connectivity index (χ3v) is 3.65. The minimum atomic E-state index is -0.750. The highest BCUT2D eigenvalue weighted by atomic mass is 16.6. The summed E-state index contributed by atoms with van der Waals surface area (Å²) >= 11 is 0. The topological polar surface area (TPSA) is 122 Å². The van der Waals surface area contributed by atoms with Crippen LogP contribution in [0.15, 0.2) is 59.7 Å². The first-order valence-electron chi connectivity index (χ1n) is 7.32. The van der Waals surface area contributed by atoms with Gasteiger partial charge >= 0.3 is 17.1 Å². The molecule has 132 valence electrons. The molecule has 10 heteroatoms. The smallest absolute Gasteiger partial charge is 0.332 e. The number of hydrogen-bond acceptors (Lipinski definition) is 6. The highest BCUT2D eigenvalue weighted by Crippen LogP contribution is 2.39. The SMILES string of the molecule is Cn1ccn(-c2ccc(Oc3c([N+](=O)[O-])cccc3[N+](=O)[O-])cc2)c1=O. The second-order valence-corrected chi connectivity index (χ2v) is 5.30. The third kappa shape index (κ3) is 3.02. The van der Waals surface area contributed by atoms with Gasteiger partial charge in [0.25, 0.3) is 5.75 Å². The molecule has 0 amide bonds. The summed E-state index contributed by atoms with van der Waals surface area (Å²) in [5.41, 5.74) is -0.710. The van der Waals surface area contributed by atoms with E-state index in [0.717, 1.165) is 12.1 Å². The fraction of sp³-hybridized carbons (Fsp3) is 0.0625. The maximum absolute atomic E-state index is 11.9. The molecule has 0 spiro atoms. The van der Waals surface area contributed by atoms with Crippen LogP contribution in [0.3, 0.4) is 0 Å². The Labute approximate surface area is 145 Å². The summed E-state index contributed by atoms with van der Waals surface area (Å²) in [4.78, 5) is 32.7. The van der Waals surface area contributed by atoms with E-state index in [1.165, 1.54) is 27.3 Å². The Hall–Kier alpha value is -3.95. The monoisotopic (exact) mass is 356 g/mol. The predicted octanol–water partition coefficient (Wildman–Crippen LogP) is 2.78. The number of nitrogens with zero attached hydrogens (tertiary/aromatic N) is 4. The van der Waals surface area contributed by atoms with Crippen molar-refractivity contribution in [3.63, 3.8) is 0 Å². The van der Waals surface area contributed by atoms with Crippen LogP contribution in [0.25, 0.3) is 5.69 Å². The van der Waals surface area contributed by atoms with Gasteiger partial charge in [-0.25, -0.2) is 4.79 Å². The van der Waals surface area contributed by atoms with Gasteiger partial charge in [-0.15, -0.1) is 0 Å². The molecule has 0 atom stereocenters. The number of benzene rings is 2. The van der Waals surface area contributed by atoms with E-state index >= 15 is 0 Å². The van der Waals surface area contributed by atoms with Crippen molar-refractivity contribution in [3.8, 4) is 17.2 Å². The Bertz CT molecular complexity index is 1020. The van der Waals surface area contributed by atoms with Crippen LogP contribution in [-0.4, -0.2) is 19.0 Å². The average Bonchev–Trinajstić information content (AvgIpc) is 2.94. The summed E-state index contributed by atoms with van der Waals surface area (Å²) < 4.78 is 8.22. The van der Waals surface area contributed by atoms with Gasteiger partial charge in [0.05, 0.1) is 15.5 Å². The molecular weight excluding hydrogens is 344 g/mol. The first-order chi connectivity index (χ1) is 12.4. The van der Waals surface area contributed by atoms with Gasteiger partial charge in [-0.3, -0.25) is 24.8 Å². The molecule has 0 bridgehead atoms. The van der Waals surface area contributed by atoms with E-state index in [9.17, 15) is 25.0 Å². The largest absolute Gasteiger partial charge is 0.444 e. The zero-order chi connectivity index (χ0) is 18.8. The van der Waals surface area contributed by atoms with Crippen molar-refractivity contribution in [1.82, 2.24) is 9.13 Å². The van der Waals surface area contributed by atoms with E-state index in [1.54, 1.807) is 31.6 Å². The van der Waals surface area contributed by atoms with Gasteiger partial charge in [0.1, 0.15) is 5.75 Å². The molecule has 0 N–H and O–H groups in total. The van der Waals surface area contributed by atoms with Crippen LogP contribution in [0.5, 0.6) is 11.5 Å². The highest BCUT2D eigenvalue weighted by molar-refractivity contribution is 5.61. The number of nitro benzene ring substituents is 2. The Morgan fingerprint density at radius 1 is 0.923 bits per heavy atom. The van der Waals surface area contributed by atoms with Crippen LogP contribution in [0.1, 0.15) is 0 Å². The Kier molecular flexibility index (Phi) is 4.23. The number of hydrogen-bond donors (Lipinski definition) is 0. The van der Waals surface area contributed by atoms with Crippen molar-refractivity contribution >= 4 is 11.4 Å². The molecule has 0 saturated carbocycles. The van der Waals surface area contributed by atoms with Crippen molar-refractivity contribution in [2.24, 2.45) is 7.05 Å². The van der Waals surface area contributed by atoms with Crippen LogP contribution in [0.4, 0.5) is 11.4 Å². The van der Waals surface area contributed by atoms with Crippen molar-refractivity contribution in [3.05, 3.63) is 85.6 Å². The Morgan fingerprint density at radius 2 is 1.50 bits per heavy atom. The summed E-state index contributed by atoms with van der Waals surface area (Å²) in [6.07, 6.45) is 3.19. The lowest BCUT2D eigenvalue weighted by Gasteiger charge is -2.08. The van der Waals surface area contributed by atoms with Crippen LogP contribution < -0.4 is 10.4 Å². The highest BCUT2D eigenvalue weighted by Gasteiger charge is 2.27. The molecule has 2 aromatic carbocycles. The van der Waals surface area contributed by atoms with Crippen molar-refractivity contribution in [2.45, 2.75) is 0 Å². The number of imidazole rings is 1. The molecule has 3 aromatic rings. The lowest BCUT2D eigenvalue weighted by atomic mass is 10.2. The number of ether oxygens (including phenoxy) is 1. The molecule has 10 nitrogen and oxygen atoms in total. The molecule has 3 rings (SSSR count). The Morgan fingerprint density at radius 3 is 1.96 bits per heavy atom. The maximum Gasteiger partial charge on any atom is 0.332 e. The van der Waals surface area contributed by atoms with Crippen molar-refractivity contribution < 1.29 is 14.6 Å². The van der Waals surface area contributed by atoms with Crippen LogP contribution in [0.2, 0.25) is 0 Å². The van der Waals surface area contributed by atoms with Gasteiger partial charge in [-0.2, -0.15) is 0 Å². The van der Waals surface area contributed by atoms with Crippen molar-refractivity contribution in [1.29, 1.82) is 0 Å². The van der Waals surface area contributed by atoms with Crippen LogP contribution >= 0.6 is 0 Å². The summed E-state index contributed by atoms with van der Waals surface area (Å²) in [6.45, 7) is 0. The molecular formula is C16H12N4O6. The number of aromatic nitrogens is 2. The summed E-state index contributed by atoms with van der Waals surface area (Å²) in [6, 6.07) is 9.54. The van der Waals surface area contributed by atoms with Gasteiger partial charge < -0.3 is 9.30 Å². The standard InChI is InChI=1S/C16H12N4O6/c1-17-9-10-18(16(17)21)11-5-7-12(8-6-11)26-15-13(19(22)23)3-2-4-14(15)20(24)25/h2-10H,1H3. The van der Waals surface area contributed by atoms with E-state index < -0.39 is 27.0 Å². The minimum Gasteiger partial charge on any atom is -0.444 e. The fourth-order valence-electron chi connectivity index (χ4n) is 2.36. The molecule has 1 aromatic heterocycles.